The second-order valence-corrected chi connectivity index (χ2v) is 5.03. The monoisotopic (exact) mass is 292 g/mol. The van der Waals surface area contributed by atoms with Gasteiger partial charge in [0.25, 0.3) is 0 Å². The molecule has 0 aromatic heterocycles. The molecule has 1 fully saturated rings. The summed E-state index contributed by atoms with van der Waals surface area (Å²) in [5, 5.41) is 0. The maximum Gasteiger partial charge on any atom is 0.338 e. The van der Waals surface area contributed by atoms with Crippen LogP contribution in [0.25, 0.3) is 0 Å². The molecular formula is C15H16O6. The second-order valence-electron chi connectivity index (χ2n) is 5.03. The number of carbonyl (C=O) groups excluding carboxylic acids is 2. The van der Waals surface area contributed by atoms with Crippen molar-refractivity contribution in [1.82, 2.24) is 0 Å². The highest BCUT2D eigenvalue weighted by Gasteiger charge is 2.57. The molecule has 0 saturated carbocycles. The van der Waals surface area contributed by atoms with Gasteiger partial charge in [-0.2, -0.15) is 0 Å². The molecule has 0 bridgehead atoms. The van der Waals surface area contributed by atoms with Crippen LogP contribution >= 0.6 is 0 Å². The SMILES string of the molecule is COC(=O)[C@@H]1OC2(CCc3ccccc32)O[C@H]1C(=O)OC. The second kappa shape index (κ2) is 5.13. The van der Waals surface area contributed by atoms with E-state index in [0.717, 1.165) is 17.5 Å². The van der Waals surface area contributed by atoms with Crippen LogP contribution in [0, 0.1) is 0 Å². The van der Waals surface area contributed by atoms with E-state index in [-0.39, 0.29) is 0 Å². The summed E-state index contributed by atoms with van der Waals surface area (Å²) in [7, 11) is 2.49. The number of methoxy groups -OCH3 is 2. The van der Waals surface area contributed by atoms with Crippen LogP contribution < -0.4 is 0 Å². The van der Waals surface area contributed by atoms with Gasteiger partial charge in [0.15, 0.2) is 18.0 Å². The minimum Gasteiger partial charge on any atom is -0.467 e. The van der Waals surface area contributed by atoms with E-state index in [1.54, 1.807) is 0 Å². The van der Waals surface area contributed by atoms with Gasteiger partial charge in [-0.05, 0) is 12.0 Å². The van der Waals surface area contributed by atoms with Crippen LogP contribution in [0.4, 0.5) is 0 Å². The van der Waals surface area contributed by atoms with Crippen LogP contribution in [0.2, 0.25) is 0 Å². The highest BCUT2D eigenvalue weighted by molar-refractivity contribution is 5.86. The molecule has 0 unspecified atom stereocenters. The van der Waals surface area contributed by atoms with Gasteiger partial charge < -0.3 is 18.9 Å². The third kappa shape index (κ3) is 2.11. The fourth-order valence-electron chi connectivity index (χ4n) is 2.93. The fraction of sp³-hybridized carbons (Fsp3) is 0.467. The van der Waals surface area contributed by atoms with Crippen LogP contribution in [0.1, 0.15) is 17.5 Å². The Labute approximate surface area is 121 Å². The molecule has 1 aliphatic heterocycles. The van der Waals surface area contributed by atoms with Crippen molar-refractivity contribution in [3.63, 3.8) is 0 Å². The van der Waals surface area contributed by atoms with Crippen molar-refractivity contribution in [2.45, 2.75) is 30.8 Å². The van der Waals surface area contributed by atoms with Gasteiger partial charge >= 0.3 is 11.9 Å². The number of aryl methyl sites for hydroxylation is 1. The number of esters is 2. The van der Waals surface area contributed by atoms with Gasteiger partial charge in [-0.3, -0.25) is 0 Å². The molecule has 1 heterocycles. The van der Waals surface area contributed by atoms with Crippen LogP contribution in [0.15, 0.2) is 24.3 Å². The number of carbonyl (C=O) groups is 2. The summed E-state index contributed by atoms with van der Waals surface area (Å²) in [6, 6.07) is 7.67. The van der Waals surface area contributed by atoms with Gasteiger partial charge in [-0.25, -0.2) is 9.59 Å². The Hall–Kier alpha value is -1.92. The molecule has 1 aromatic rings. The molecular weight excluding hydrogens is 276 g/mol. The molecule has 3 rings (SSSR count). The maximum atomic E-state index is 11.9. The van der Waals surface area contributed by atoms with E-state index in [0.29, 0.717) is 6.42 Å². The van der Waals surface area contributed by atoms with Crippen molar-refractivity contribution < 1.29 is 28.5 Å². The van der Waals surface area contributed by atoms with E-state index in [1.807, 2.05) is 24.3 Å². The summed E-state index contributed by atoms with van der Waals surface area (Å²) in [6.45, 7) is 0. The largest absolute Gasteiger partial charge is 0.467 e. The Bertz CT molecular complexity index is 557. The Balaban J connectivity index is 1.97. The lowest BCUT2D eigenvalue weighted by atomic mass is 10.1. The number of fused-ring (bicyclic) bond motifs is 2. The van der Waals surface area contributed by atoms with Crippen LogP contribution in [0.5, 0.6) is 0 Å². The average molecular weight is 292 g/mol. The van der Waals surface area contributed by atoms with Crippen molar-refractivity contribution in [3.8, 4) is 0 Å². The molecule has 2 atom stereocenters. The lowest BCUT2D eigenvalue weighted by molar-refractivity contribution is -0.193. The standard InChI is InChI=1S/C15H16O6/c1-18-13(16)11-12(14(17)19-2)21-15(20-11)8-7-9-5-3-4-6-10(9)15/h3-6,11-12H,7-8H2,1-2H3/t11-,12-/m1/s1. The molecule has 2 aliphatic rings. The summed E-state index contributed by atoms with van der Waals surface area (Å²) in [4.78, 5) is 23.7. The first-order valence-corrected chi connectivity index (χ1v) is 6.71. The van der Waals surface area contributed by atoms with E-state index in [9.17, 15) is 9.59 Å². The average Bonchev–Trinajstić information content (AvgIpc) is 3.09. The smallest absolute Gasteiger partial charge is 0.338 e. The van der Waals surface area contributed by atoms with Crippen molar-refractivity contribution in [2.75, 3.05) is 14.2 Å². The molecule has 21 heavy (non-hydrogen) atoms. The number of hydrogen-bond acceptors (Lipinski definition) is 6. The Kier molecular flexibility index (Phi) is 3.43. The van der Waals surface area contributed by atoms with E-state index in [2.05, 4.69) is 0 Å². The molecule has 1 spiro atoms. The summed E-state index contributed by atoms with van der Waals surface area (Å²) in [5.74, 6) is -2.37. The zero-order valence-electron chi connectivity index (χ0n) is 11.8. The zero-order valence-corrected chi connectivity index (χ0v) is 11.8. The van der Waals surface area contributed by atoms with E-state index in [4.69, 9.17) is 18.9 Å². The molecule has 112 valence electrons. The third-order valence-corrected chi connectivity index (χ3v) is 3.93. The van der Waals surface area contributed by atoms with E-state index < -0.39 is 29.9 Å². The van der Waals surface area contributed by atoms with Crippen LogP contribution in [0.3, 0.4) is 0 Å². The number of hydrogen-bond donors (Lipinski definition) is 0. The molecule has 6 heteroatoms. The molecule has 6 nitrogen and oxygen atoms in total. The molecule has 0 radical (unpaired) electrons. The molecule has 1 aliphatic carbocycles. The minimum atomic E-state index is -1.12. The van der Waals surface area contributed by atoms with Gasteiger partial charge in [-0.1, -0.05) is 24.3 Å². The number of ether oxygens (including phenoxy) is 4. The maximum absolute atomic E-state index is 11.9. The third-order valence-electron chi connectivity index (χ3n) is 3.93. The van der Waals surface area contributed by atoms with E-state index in [1.165, 1.54) is 14.2 Å². The highest BCUT2D eigenvalue weighted by atomic mass is 16.8. The summed E-state index contributed by atoms with van der Waals surface area (Å²) < 4.78 is 21.1. The van der Waals surface area contributed by atoms with Gasteiger partial charge in [0.1, 0.15) is 0 Å². The van der Waals surface area contributed by atoms with E-state index >= 15 is 0 Å². The van der Waals surface area contributed by atoms with Crippen LogP contribution in [-0.4, -0.2) is 38.4 Å². The normalized spacial score (nSPS) is 25.6. The predicted molar refractivity (Wildman–Crippen MR) is 70.2 cm³/mol. The highest BCUT2D eigenvalue weighted by Crippen LogP contribution is 2.47. The first kappa shape index (κ1) is 14.0. The number of benzene rings is 1. The summed E-state index contributed by atoms with van der Waals surface area (Å²) >= 11 is 0. The Morgan fingerprint density at radius 2 is 1.67 bits per heavy atom. The van der Waals surface area contributed by atoms with Crippen molar-refractivity contribution >= 4 is 11.9 Å². The van der Waals surface area contributed by atoms with Crippen LogP contribution in [-0.2, 0) is 40.7 Å². The summed E-state index contributed by atoms with van der Waals surface area (Å²) in [5.41, 5.74) is 1.94. The van der Waals surface area contributed by atoms with Gasteiger partial charge in [-0.15, -0.1) is 0 Å². The first-order valence-electron chi connectivity index (χ1n) is 6.71. The fourth-order valence-corrected chi connectivity index (χ4v) is 2.93. The Morgan fingerprint density at radius 1 is 1.10 bits per heavy atom. The van der Waals surface area contributed by atoms with Gasteiger partial charge in [0, 0.05) is 12.0 Å². The van der Waals surface area contributed by atoms with Gasteiger partial charge in [0.2, 0.25) is 0 Å². The molecule has 0 amide bonds. The van der Waals surface area contributed by atoms with Gasteiger partial charge in [0.05, 0.1) is 14.2 Å². The lowest BCUT2D eigenvalue weighted by Crippen LogP contribution is -2.38. The first-order chi connectivity index (χ1) is 10.1. The minimum absolute atomic E-state index is 0.549. The molecule has 1 aromatic carbocycles. The van der Waals surface area contributed by atoms with Crippen molar-refractivity contribution in [2.24, 2.45) is 0 Å². The summed E-state index contributed by atoms with van der Waals surface area (Å²) in [6.07, 6.45) is -0.923. The topological polar surface area (TPSA) is 71.1 Å². The molecule has 1 saturated heterocycles. The quantitative estimate of drug-likeness (QED) is 0.755. The Morgan fingerprint density at radius 3 is 2.24 bits per heavy atom. The predicted octanol–water partition coefficient (Wildman–Crippen LogP) is 0.916. The number of rotatable bonds is 2. The lowest BCUT2D eigenvalue weighted by Gasteiger charge is -2.23. The zero-order chi connectivity index (χ0) is 15.0. The van der Waals surface area contributed by atoms with Crippen molar-refractivity contribution in [1.29, 1.82) is 0 Å². The van der Waals surface area contributed by atoms with Crippen molar-refractivity contribution in [3.05, 3.63) is 35.4 Å². The molecule has 0 N–H and O–H groups in total.